The zero-order chi connectivity index (χ0) is 18.7. The van der Waals surface area contributed by atoms with Crippen LogP contribution in [0, 0.1) is 0 Å². The molecular weight excluding hydrogens is 347 g/mol. The summed E-state index contributed by atoms with van der Waals surface area (Å²) in [6, 6.07) is 12.2. The molecule has 0 saturated carbocycles. The average molecular weight is 361 g/mol. The van der Waals surface area contributed by atoms with E-state index in [2.05, 4.69) is 15.5 Å². The van der Waals surface area contributed by atoms with E-state index in [1.165, 1.54) is 19.1 Å². The molecule has 0 aliphatic rings. The number of anilines is 1. The zero-order valence-electron chi connectivity index (χ0n) is 13.7. The lowest BCUT2D eigenvalue weighted by Gasteiger charge is -2.09. The molecule has 1 N–H and O–H groups in total. The van der Waals surface area contributed by atoms with E-state index in [4.69, 9.17) is 4.42 Å². The van der Waals surface area contributed by atoms with Crippen molar-refractivity contribution in [3.63, 3.8) is 0 Å². The summed E-state index contributed by atoms with van der Waals surface area (Å²) in [5.74, 6) is -0.116. The lowest BCUT2D eigenvalue weighted by molar-refractivity contribution is -0.137. The molecule has 0 aliphatic carbocycles. The van der Waals surface area contributed by atoms with Crippen molar-refractivity contribution < 1.29 is 22.4 Å². The van der Waals surface area contributed by atoms with Crippen LogP contribution in [0.2, 0.25) is 0 Å². The summed E-state index contributed by atoms with van der Waals surface area (Å²) in [7, 11) is 0. The maximum atomic E-state index is 12.7. The maximum absolute atomic E-state index is 12.7. The molecule has 1 aromatic heterocycles. The SMILES string of the molecule is CC(=O)Nc1nnc(-c2ccccc2Cc2ccc(C(F)(F)F)cc2)o1. The molecule has 0 spiro atoms. The van der Waals surface area contributed by atoms with Crippen molar-refractivity contribution >= 4 is 11.9 Å². The van der Waals surface area contributed by atoms with Gasteiger partial charge >= 0.3 is 12.2 Å². The summed E-state index contributed by atoms with van der Waals surface area (Å²) in [5.41, 5.74) is 1.49. The molecular formula is C18H14F3N3O2. The number of aromatic nitrogens is 2. The van der Waals surface area contributed by atoms with Crippen molar-refractivity contribution in [1.82, 2.24) is 10.2 Å². The van der Waals surface area contributed by atoms with E-state index in [0.29, 0.717) is 17.5 Å². The van der Waals surface area contributed by atoms with Gasteiger partial charge in [-0.25, -0.2) is 0 Å². The largest absolute Gasteiger partial charge is 0.416 e. The Hall–Kier alpha value is -3.16. The quantitative estimate of drug-likeness (QED) is 0.752. The number of hydrogen-bond donors (Lipinski definition) is 1. The number of alkyl halides is 3. The van der Waals surface area contributed by atoms with Gasteiger partial charge in [-0.15, -0.1) is 5.10 Å². The molecule has 1 amide bonds. The number of carbonyl (C=O) groups excluding carboxylic acids is 1. The Balaban J connectivity index is 1.85. The third-order valence-corrected chi connectivity index (χ3v) is 3.63. The minimum atomic E-state index is -4.36. The Morgan fingerprint density at radius 2 is 1.77 bits per heavy atom. The summed E-state index contributed by atoms with van der Waals surface area (Å²) in [4.78, 5) is 11.0. The number of carbonyl (C=O) groups is 1. The van der Waals surface area contributed by atoms with Gasteiger partial charge in [-0.3, -0.25) is 10.1 Å². The van der Waals surface area contributed by atoms with Gasteiger partial charge in [0, 0.05) is 12.5 Å². The van der Waals surface area contributed by atoms with Gasteiger partial charge in [-0.1, -0.05) is 35.4 Å². The first-order valence-electron chi connectivity index (χ1n) is 7.68. The van der Waals surface area contributed by atoms with Crippen LogP contribution in [0.1, 0.15) is 23.6 Å². The second-order valence-electron chi connectivity index (χ2n) is 5.62. The van der Waals surface area contributed by atoms with E-state index in [1.54, 1.807) is 12.1 Å². The summed E-state index contributed by atoms with van der Waals surface area (Å²) < 4.78 is 43.4. The van der Waals surface area contributed by atoms with Gasteiger partial charge in [0.15, 0.2) is 0 Å². The molecule has 26 heavy (non-hydrogen) atoms. The van der Waals surface area contributed by atoms with Crippen molar-refractivity contribution in [3.05, 3.63) is 65.2 Å². The van der Waals surface area contributed by atoms with Gasteiger partial charge in [0.1, 0.15) is 0 Å². The highest BCUT2D eigenvalue weighted by Gasteiger charge is 2.29. The zero-order valence-corrected chi connectivity index (χ0v) is 13.7. The number of rotatable bonds is 4. The monoisotopic (exact) mass is 361 g/mol. The van der Waals surface area contributed by atoms with Gasteiger partial charge in [-0.05, 0) is 35.7 Å². The van der Waals surface area contributed by atoms with Crippen molar-refractivity contribution in [1.29, 1.82) is 0 Å². The Labute approximate surface area is 146 Å². The normalized spacial score (nSPS) is 11.4. The van der Waals surface area contributed by atoms with Crippen LogP contribution in [-0.2, 0) is 17.4 Å². The van der Waals surface area contributed by atoms with Crippen LogP contribution in [-0.4, -0.2) is 16.1 Å². The Morgan fingerprint density at radius 3 is 2.42 bits per heavy atom. The Kier molecular flexibility index (Phi) is 4.75. The number of nitrogens with one attached hydrogen (secondary N) is 1. The molecule has 0 unspecified atom stereocenters. The molecule has 3 rings (SSSR count). The van der Waals surface area contributed by atoms with Crippen molar-refractivity contribution in [2.24, 2.45) is 0 Å². The standard InChI is InChI=1S/C18H14F3N3O2/c1-11(25)22-17-24-23-16(26-17)15-5-3-2-4-13(15)10-12-6-8-14(9-7-12)18(19,20)21/h2-9H,10H2,1H3,(H,22,24,25). The first kappa shape index (κ1) is 17.7. The number of hydrogen-bond acceptors (Lipinski definition) is 4. The van der Waals surface area contributed by atoms with E-state index in [-0.39, 0.29) is 17.8 Å². The van der Waals surface area contributed by atoms with Crippen LogP contribution in [0.15, 0.2) is 52.9 Å². The van der Waals surface area contributed by atoms with Crippen molar-refractivity contribution in [2.75, 3.05) is 5.32 Å². The molecule has 2 aromatic carbocycles. The van der Waals surface area contributed by atoms with Crippen molar-refractivity contribution in [3.8, 4) is 11.5 Å². The van der Waals surface area contributed by atoms with Gasteiger partial charge in [0.2, 0.25) is 11.8 Å². The molecule has 5 nitrogen and oxygen atoms in total. The van der Waals surface area contributed by atoms with Gasteiger partial charge < -0.3 is 4.42 Å². The highest BCUT2D eigenvalue weighted by atomic mass is 19.4. The number of nitrogens with zero attached hydrogens (tertiary/aromatic N) is 2. The van der Waals surface area contributed by atoms with Crippen molar-refractivity contribution in [2.45, 2.75) is 19.5 Å². The minimum absolute atomic E-state index is 0.0168. The van der Waals surface area contributed by atoms with Gasteiger partial charge in [-0.2, -0.15) is 13.2 Å². The summed E-state index contributed by atoms with van der Waals surface area (Å²) >= 11 is 0. The minimum Gasteiger partial charge on any atom is -0.403 e. The lowest BCUT2D eigenvalue weighted by Crippen LogP contribution is -2.05. The first-order chi connectivity index (χ1) is 12.3. The molecule has 0 bridgehead atoms. The van der Waals surface area contributed by atoms with E-state index in [9.17, 15) is 18.0 Å². The molecule has 0 saturated heterocycles. The molecule has 1 heterocycles. The third kappa shape index (κ3) is 4.08. The molecule has 3 aromatic rings. The summed E-state index contributed by atoms with van der Waals surface area (Å²) in [6.07, 6.45) is -3.97. The van der Waals surface area contributed by atoms with Crippen LogP contribution in [0.3, 0.4) is 0 Å². The van der Waals surface area contributed by atoms with Crippen LogP contribution < -0.4 is 5.32 Å². The van der Waals surface area contributed by atoms with Gasteiger partial charge in [0.05, 0.1) is 5.56 Å². The molecule has 0 atom stereocenters. The van der Waals surface area contributed by atoms with E-state index in [1.807, 2.05) is 12.1 Å². The fourth-order valence-electron chi connectivity index (χ4n) is 2.45. The van der Waals surface area contributed by atoms with E-state index in [0.717, 1.165) is 17.7 Å². The number of benzene rings is 2. The fourth-order valence-corrected chi connectivity index (χ4v) is 2.45. The van der Waals surface area contributed by atoms with Crippen LogP contribution >= 0.6 is 0 Å². The molecule has 8 heteroatoms. The lowest BCUT2D eigenvalue weighted by atomic mass is 9.99. The highest BCUT2D eigenvalue weighted by Crippen LogP contribution is 2.30. The topological polar surface area (TPSA) is 68.0 Å². The van der Waals surface area contributed by atoms with Crippen LogP contribution in [0.4, 0.5) is 19.2 Å². The Bertz CT molecular complexity index is 918. The van der Waals surface area contributed by atoms with Crippen LogP contribution in [0.5, 0.6) is 0 Å². The first-order valence-corrected chi connectivity index (χ1v) is 7.68. The highest BCUT2D eigenvalue weighted by molar-refractivity contribution is 5.86. The predicted octanol–water partition coefficient (Wildman–Crippen LogP) is 4.30. The number of halogens is 3. The van der Waals surface area contributed by atoms with E-state index >= 15 is 0 Å². The Morgan fingerprint density at radius 1 is 1.08 bits per heavy atom. The summed E-state index contributed by atoms with van der Waals surface area (Å²) in [5, 5.41) is 10.1. The predicted molar refractivity (Wildman–Crippen MR) is 88.3 cm³/mol. The van der Waals surface area contributed by atoms with Gasteiger partial charge in [0.25, 0.3) is 0 Å². The second kappa shape index (κ2) is 6.99. The average Bonchev–Trinajstić information content (AvgIpc) is 3.02. The maximum Gasteiger partial charge on any atom is 0.416 e. The number of amides is 1. The third-order valence-electron chi connectivity index (χ3n) is 3.63. The molecule has 0 aliphatic heterocycles. The summed E-state index contributed by atoms with van der Waals surface area (Å²) in [6.45, 7) is 1.32. The molecule has 0 fully saturated rings. The second-order valence-corrected chi connectivity index (χ2v) is 5.62. The smallest absolute Gasteiger partial charge is 0.403 e. The molecule has 134 valence electrons. The fraction of sp³-hybridized carbons (Fsp3) is 0.167. The van der Waals surface area contributed by atoms with E-state index < -0.39 is 11.7 Å². The van der Waals surface area contributed by atoms with Crippen LogP contribution in [0.25, 0.3) is 11.5 Å². The molecule has 0 radical (unpaired) electrons.